The van der Waals surface area contributed by atoms with Gasteiger partial charge in [0.2, 0.25) is 0 Å². The van der Waals surface area contributed by atoms with E-state index in [-0.39, 0.29) is 11.6 Å². The Morgan fingerprint density at radius 1 is 0.920 bits per heavy atom. The highest BCUT2D eigenvalue weighted by atomic mass is 19.1. The Bertz CT molecular complexity index is 831. The van der Waals surface area contributed by atoms with Gasteiger partial charge in [-0.2, -0.15) is 0 Å². The molecule has 0 bridgehead atoms. The molecule has 25 heavy (non-hydrogen) atoms. The predicted octanol–water partition coefficient (Wildman–Crippen LogP) is 5.11. The number of allylic oxidation sites excluding steroid dienone is 2. The molecule has 2 aromatic rings. The molecule has 1 aliphatic rings. The zero-order chi connectivity index (χ0) is 17.8. The molecule has 0 aliphatic heterocycles. The topological polar surface area (TPSA) is 20.3 Å². The van der Waals surface area contributed by atoms with Gasteiger partial charge >= 0.3 is 0 Å². The summed E-state index contributed by atoms with van der Waals surface area (Å²) in [6, 6.07) is 14.7. The first-order valence-corrected chi connectivity index (χ1v) is 8.52. The van der Waals surface area contributed by atoms with Crippen molar-refractivity contribution in [2.24, 2.45) is 0 Å². The fraction of sp³-hybridized carbons (Fsp3) is 0.227. The summed E-state index contributed by atoms with van der Waals surface area (Å²) in [5.74, 6) is -0.260. The minimum absolute atomic E-state index is 0.0335. The second kappa shape index (κ2) is 7.47. The largest absolute Gasteiger partial charge is 0.378 e. The lowest BCUT2D eigenvalue weighted by Crippen LogP contribution is -2.12. The predicted molar refractivity (Wildman–Crippen MR) is 102 cm³/mol. The fourth-order valence-corrected chi connectivity index (χ4v) is 3.03. The summed E-state index contributed by atoms with van der Waals surface area (Å²) in [5.41, 5.74) is 4.10. The zero-order valence-corrected chi connectivity index (χ0v) is 14.6. The van der Waals surface area contributed by atoms with Crippen LogP contribution in [0.3, 0.4) is 0 Å². The summed E-state index contributed by atoms with van der Waals surface area (Å²) in [4.78, 5) is 14.8. The van der Waals surface area contributed by atoms with Crippen LogP contribution in [-0.4, -0.2) is 19.9 Å². The van der Waals surface area contributed by atoms with Gasteiger partial charge in [-0.15, -0.1) is 0 Å². The highest BCUT2D eigenvalue weighted by Crippen LogP contribution is 2.28. The maximum absolute atomic E-state index is 13.8. The minimum Gasteiger partial charge on any atom is -0.378 e. The number of halogens is 1. The lowest BCUT2D eigenvalue weighted by Gasteiger charge is -2.17. The number of hydrogen-bond donors (Lipinski definition) is 0. The van der Waals surface area contributed by atoms with Crippen LogP contribution >= 0.6 is 0 Å². The van der Waals surface area contributed by atoms with Crippen molar-refractivity contribution in [2.45, 2.75) is 19.3 Å². The highest BCUT2D eigenvalue weighted by Gasteiger charge is 2.20. The molecule has 128 valence electrons. The molecule has 3 rings (SSSR count). The number of ketones is 1. The number of carbonyl (C=O) groups is 1. The number of anilines is 1. The van der Waals surface area contributed by atoms with E-state index >= 15 is 0 Å². The van der Waals surface area contributed by atoms with Crippen molar-refractivity contribution >= 4 is 23.6 Å². The summed E-state index contributed by atoms with van der Waals surface area (Å²) in [6.07, 6.45) is 6.02. The monoisotopic (exact) mass is 335 g/mol. The molecule has 0 aromatic heterocycles. The fourth-order valence-electron chi connectivity index (χ4n) is 3.03. The second-order valence-corrected chi connectivity index (χ2v) is 6.53. The van der Waals surface area contributed by atoms with E-state index in [9.17, 15) is 9.18 Å². The van der Waals surface area contributed by atoms with Crippen molar-refractivity contribution in [3.63, 3.8) is 0 Å². The number of rotatable bonds is 3. The molecule has 1 aliphatic carbocycles. The van der Waals surface area contributed by atoms with Crippen LogP contribution in [0.2, 0.25) is 0 Å². The number of nitrogens with zero attached hydrogens (tertiary/aromatic N) is 1. The third-order valence-corrected chi connectivity index (χ3v) is 4.46. The Hall–Kier alpha value is -2.68. The van der Waals surface area contributed by atoms with E-state index in [0.29, 0.717) is 17.6 Å². The van der Waals surface area contributed by atoms with Gasteiger partial charge in [0.25, 0.3) is 0 Å². The van der Waals surface area contributed by atoms with Crippen LogP contribution in [0, 0.1) is 5.82 Å². The summed E-state index contributed by atoms with van der Waals surface area (Å²) < 4.78 is 13.8. The first kappa shape index (κ1) is 17.2. The van der Waals surface area contributed by atoms with E-state index < -0.39 is 0 Å². The van der Waals surface area contributed by atoms with E-state index in [0.717, 1.165) is 29.7 Å². The molecule has 0 radical (unpaired) electrons. The quantitative estimate of drug-likeness (QED) is 0.726. The van der Waals surface area contributed by atoms with Crippen molar-refractivity contribution in [1.29, 1.82) is 0 Å². The van der Waals surface area contributed by atoms with Gasteiger partial charge in [0.15, 0.2) is 5.78 Å². The van der Waals surface area contributed by atoms with Crippen LogP contribution in [0.4, 0.5) is 10.1 Å². The van der Waals surface area contributed by atoms with Gasteiger partial charge in [-0.05, 0) is 55.2 Å². The van der Waals surface area contributed by atoms with Crippen LogP contribution < -0.4 is 4.90 Å². The molecule has 0 N–H and O–H groups in total. The lowest BCUT2D eigenvalue weighted by atomic mass is 9.87. The Morgan fingerprint density at radius 2 is 1.56 bits per heavy atom. The SMILES string of the molecule is CN(C)c1ccc(C=C2CCCC(=Cc3ccccc3F)C2=O)cc1. The number of carbonyl (C=O) groups excluding carboxylic acids is 1. The van der Waals surface area contributed by atoms with Crippen molar-refractivity contribution in [1.82, 2.24) is 0 Å². The molecule has 3 heteroatoms. The molecule has 0 heterocycles. The molecular formula is C22H22FNO. The number of hydrogen-bond acceptors (Lipinski definition) is 2. The Kier molecular flexibility index (Phi) is 5.13. The van der Waals surface area contributed by atoms with Crippen molar-refractivity contribution in [3.05, 3.63) is 76.6 Å². The standard InChI is InChI=1S/C22H22FNO/c1-24(2)20-12-10-16(11-13-20)14-18-7-5-8-19(22(18)25)15-17-6-3-4-9-21(17)23/h3-4,6,9-15H,5,7-8H2,1-2H3. The molecule has 1 fully saturated rings. The van der Waals surface area contributed by atoms with Gasteiger partial charge in [0, 0.05) is 36.5 Å². The molecule has 0 unspecified atom stereocenters. The molecular weight excluding hydrogens is 313 g/mol. The van der Waals surface area contributed by atoms with Gasteiger partial charge in [0.05, 0.1) is 0 Å². The first-order valence-electron chi connectivity index (χ1n) is 8.52. The Balaban J connectivity index is 1.86. The van der Waals surface area contributed by atoms with Crippen LogP contribution in [0.1, 0.15) is 30.4 Å². The zero-order valence-electron chi connectivity index (χ0n) is 14.6. The van der Waals surface area contributed by atoms with Crippen LogP contribution in [-0.2, 0) is 4.79 Å². The van der Waals surface area contributed by atoms with E-state index in [1.54, 1.807) is 24.3 Å². The number of benzene rings is 2. The van der Waals surface area contributed by atoms with E-state index in [2.05, 4.69) is 0 Å². The number of Topliss-reactive ketones (excluding diaryl/α,β-unsaturated/α-hetero) is 1. The first-order chi connectivity index (χ1) is 12.0. The van der Waals surface area contributed by atoms with Crippen LogP contribution in [0.5, 0.6) is 0 Å². The van der Waals surface area contributed by atoms with E-state index in [4.69, 9.17) is 0 Å². The van der Waals surface area contributed by atoms with Crippen molar-refractivity contribution in [3.8, 4) is 0 Å². The molecule has 2 nitrogen and oxygen atoms in total. The normalized spacial score (nSPS) is 18.0. The van der Waals surface area contributed by atoms with E-state index in [1.165, 1.54) is 6.07 Å². The third-order valence-electron chi connectivity index (χ3n) is 4.46. The van der Waals surface area contributed by atoms with Gasteiger partial charge in [-0.25, -0.2) is 4.39 Å². The van der Waals surface area contributed by atoms with Gasteiger partial charge < -0.3 is 4.90 Å². The van der Waals surface area contributed by atoms with E-state index in [1.807, 2.05) is 49.3 Å². The Morgan fingerprint density at radius 3 is 2.20 bits per heavy atom. The molecule has 1 saturated carbocycles. The van der Waals surface area contributed by atoms with Gasteiger partial charge in [0.1, 0.15) is 5.82 Å². The molecule has 0 atom stereocenters. The summed E-state index contributed by atoms with van der Waals surface area (Å²) in [5, 5.41) is 0. The van der Waals surface area contributed by atoms with Crippen molar-refractivity contribution in [2.75, 3.05) is 19.0 Å². The van der Waals surface area contributed by atoms with Crippen LogP contribution in [0.15, 0.2) is 59.7 Å². The summed E-state index contributed by atoms with van der Waals surface area (Å²) in [6.45, 7) is 0. The lowest BCUT2D eigenvalue weighted by molar-refractivity contribution is -0.112. The van der Waals surface area contributed by atoms with Crippen LogP contribution in [0.25, 0.3) is 12.2 Å². The molecule has 0 saturated heterocycles. The average Bonchev–Trinajstić information content (AvgIpc) is 2.61. The second-order valence-electron chi connectivity index (χ2n) is 6.53. The molecule has 2 aromatic carbocycles. The summed E-state index contributed by atoms with van der Waals surface area (Å²) >= 11 is 0. The average molecular weight is 335 g/mol. The third kappa shape index (κ3) is 4.05. The molecule has 0 amide bonds. The minimum atomic E-state index is -0.293. The van der Waals surface area contributed by atoms with Gasteiger partial charge in [-0.1, -0.05) is 30.3 Å². The van der Waals surface area contributed by atoms with Crippen molar-refractivity contribution < 1.29 is 9.18 Å². The maximum Gasteiger partial charge on any atom is 0.185 e. The molecule has 0 spiro atoms. The summed E-state index contributed by atoms with van der Waals surface area (Å²) in [7, 11) is 4.00. The smallest absolute Gasteiger partial charge is 0.185 e. The Labute approximate surface area is 148 Å². The highest BCUT2D eigenvalue weighted by molar-refractivity contribution is 6.13. The maximum atomic E-state index is 13.8. The van der Waals surface area contributed by atoms with Gasteiger partial charge in [-0.3, -0.25) is 4.79 Å².